The van der Waals surface area contributed by atoms with Crippen molar-refractivity contribution < 1.29 is 14.1 Å². The summed E-state index contributed by atoms with van der Waals surface area (Å²) in [4.78, 5) is 21.6. The summed E-state index contributed by atoms with van der Waals surface area (Å²) in [5.41, 5.74) is 1.75. The fraction of sp³-hybridized carbons (Fsp3) is 0.348. The van der Waals surface area contributed by atoms with Crippen LogP contribution in [0.2, 0.25) is 5.02 Å². The fourth-order valence-electron chi connectivity index (χ4n) is 4.10. The molecule has 3 heterocycles. The molecule has 2 aliphatic rings. The van der Waals surface area contributed by atoms with Crippen LogP contribution in [0.4, 0.5) is 5.69 Å². The molecule has 5 rings (SSSR count). The number of carbonyl (C=O) groups excluding carboxylic acids is 1. The van der Waals surface area contributed by atoms with E-state index in [9.17, 15) is 4.79 Å². The van der Waals surface area contributed by atoms with Gasteiger partial charge in [0, 0.05) is 23.7 Å². The van der Waals surface area contributed by atoms with Crippen LogP contribution in [0.15, 0.2) is 53.1 Å². The highest BCUT2D eigenvalue weighted by molar-refractivity contribution is 6.30. The molecule has 0 saturated carbocycles. The molecule has 0 aliphatic carbocycles. The van der Waals surface area contributed by atoms with E-state index < -0.39 is 6.10 Å². The number of amides is 1. The lowest BCUT2D eigenvalue weighted by molar-refractivity contribution is -0.139. The van der Waals surface area contributed by atoms with Crippen LogP contribution < -0.4 is 9.64 Å². The molecule has 2 aromatic carbocycles. The molecule has 1 aromatic heterocycles. The number of aromatic nitrogens is 2. The van der Waals surface area contributed by atoms with Gasteiger partial charge in [0.2, 0.25) is 11.7 Å². The van der Waals surface area contributed by atoms with Crippen molar-refractivity contribution >= 4 is 23.2 Å². The fourth-order valence-corrected chi connectivity index (χ4v) is 4.23. The highest BCUT2D eigenvalue weighted by Crippen LogP contribution is 2.34. The van der Waals surface area contributed by atoms with Crippen molar-refractivity contribution in [1.82, 2.24) is 15.0 Å². The molecule has 0 spiro atoms. The zero-order valence-electron chi connectivity index (χ0n) is 17.0. The zero-order valence-corrected chi connectivity index (χ0v) is 17.8. The van der Waals surface area contributed by atoms with Crippen LogP contribution in [-0.2, 0) is 11.3 Å². The topological polar surface area (TPSA) is 71.7 Å². The van der Waals surface area contributed by atoms with Crippen LogP contribution in [0.5, 0.6) is 5.75 Å². The molecule has 1 fully saturated rings. The van der Waals surface area contributed by atoms with Crippen molar-refractivity contribution in [2.75, 3.05) is 24.5 Å². The molecule has 0 unspecified atom stereocenters. The van der Waals surface area contributed by atoms with Crippen molar-refractivity contribution in [1.29, 1.82) is 0 Å². The molecule has 1 saturated heterocycles. The Morgan fingerprint density at radius 3 is 2.65 bits per heavy atom. The van der Waals surface area contributed by atoms with E-state index in [4.69, 9.17) is 20.9 Å². The van der Waals surface area contributed by atoms with E-state index in [1.807, 2.05) is 41.3 Å². The molecular formula is C23H23ClN4O3. The quantitative estimate of drug-likeness (QED) is 0.608. The number of hydrogen-bond acceptors (Lipinski definition) is 6. The van der Waals surface area contributed by atoms with E-state index in [1.54, 1.807) is 12.1 Å². The van der Waals surface area contributed by atoms with Gasteiger partial charge in [0.15, 0.2) is 6.10 Å². The van der Waals surface area contributed by atoms with Crippen molar-refractivity contribution in [3.05, 3.63) is 59.4 Å². The SMILES string of the molecule is O=C([C@@H]1CN(Cc2nc(-c3ccc(Cl)cc3)no2)c2ccccc2O1)N1CCCCC1. The highest BCUT2D eigenvalue weighted by atomic mass is 35.5. The minimum Gasteiger partial charge on any atom is -0.477 e. The van der Waals surface area contributed by atoms with Gasteiger partial charge in [-0.25, -0.2) is 0 Å². The number of likely N-dealkylation sites (tertiary alicyclic amines) is 1. The molecule has 1 amide bonds. The van der Waals surface area contributed by atoms with Crippen molar-refractivity contribution in [2.45, 2.75) is 31.9 Å². The van der Waals surface area contributed by atoms with Crippen LogP contribution in [0.1, 0.15) is 25.2 Å². The smallest absolute Gasteiger partial charge is 0.265 e. The molecule has 0 N–H and O–H groups in total. The van der Waals surface area contributed by atoms with E-state index >= 15 is 0 Å². The number of nitrogens with zero attached hydrogens (tertiary/aromatic N) is 4. The Labute approximate surface area is 185 Å². The first kappa shape index (κ1) is 19.9. The number of hydrogen-bond donors (Lipinski definition) is 0. The standard InChI is InChI=1S/C23H23ClN4O3/c24-17-10-8-16(9-11-17)22-25-21(31-26-22)15-28-14-20(23(29)27-12-4-1-5-13-27)30-19-7-3-2-6-18(19)28/h2-3,6-11,20H,1,4-5,12-15H2/t20-/m0/s1. The lowest BCUT2D eigenvalue weighted by atomic mass is 10.1. The number of para-hydroxylation sites is 2. The molecule has 2 aliphatic heterocycles. The first-order valence-corrected chi connectivity index (χ1v) is 10.9. The normalized spacial score (nSPS) is 18.4. The summed E-state index contributed by atoms with van der Waals surface area (Å²) in [6.45, 7) is 2.43. The summed E-state index contributed by atoms with van der Waals surface area (Å²) in [5.74, 6) is 1.73. The van der Waals surface area contributed by atoms with Crippen molar-refractivity contribution in [3.63, 3.8) is 0 Å². The van der Waals surface area contributed by atoms with E-state index in [1.165, 1.54) is 6.42 Å². The lowest BCUT2D eigenvalue weighted by Gasteiger charge is -2.37. The number of benzene rings is 2. The summed E-state index contributed by atoms with van der Waals surface area (Å²) in [6.07, 6.45) is 2.73. The van der Waals surface area contributed by atoms with Crippen molar-refractivity contribution in [3.8, 4) is 17.1 Å². The number of ether oxygens (including phenoxy) is 1. The van der Waals surface area contributed by atoms with Gasteiger partial charge in [-0.05, 0) is 55.7 Å². The molecule has 7 nitrogen and oxygen atoms in total. The summed E-state index contributed by atoms with van der Waals surface area (Å²) in [6, 6.07) is 15.0. The maximum atomic E-state index is 13.1. The second kappa shape index (κ2) is 8.59. The maximum Gasteiger partial charge on any atom is 0.265 e. The number of carbonyl (C=O) groups is 1. The minimum absolute atomic E-state index is 0.0478. The van der Waals surface area contributed by atoms with Gasteiger partial charge >= 0.3 is 0 Å². The second-order valence-electron chi connectivity index (χ2n) is 7.86. The summed E-state index contributed by atoms with van der Waals surface area (Å²) >= 11 is 5.96. The van der Waals surface area contributed by atoms with Crippen LogP contribution in [-0.4, -0.2) is 46.7 Å². The summed E-state index contributed by atoms with van der Waals surface area (Å²) in [5, 5.41) is 4.76. The van der Waals surface area contributed by atoms with Crippen LogP contribution in [0.25, 0.3) is 11.4 Å². The van der Waals surface area contributed by atoms with E-state index in [0.29, 0.717) is 35.6 Å². The predicted octanol–water partition coefficient (Wildman–Crippen LogP) is 4.17. The van der Waals surface area contributed by atoms with Crippen LogP contribution in [0, 0.1) is 0 Å². The molecule has 160 valence electrons. The Balaban J connectivity index is 1.36. The number of fused-ring (bicyclic) bond motifs is 1. The third-order valence-electron chi connectivity index (χ3n) is 5.70. The molecule has 1 atom stereocenters. The number of halogens is 1. The lowest BCUT2D eigenvalue weighted by Crippen LogP contribution is -2.51. The average molecular weight is 439 g/mol. The Kier molecular flexibility index (Phi) is 5.51. The predicted molar refractivity (Wildman–Crippen MR) is 117 cm³/mol. The van der Waals surface area contributed by atoms with Crippen molar-refractivity contribution in [2.24, 2.45) is 0 Å². The molecule has 31 heavy (non-hydrogen) atoms. The largest absolute Gasteiger partial charge is 0.477 e. The second-order valence-corrected chi connectivity index (χ2v) is 8.30. The highest BCUT2D eigenvalue weighted by Gasteiger charge is 2.34. The van der Waals surface area contributed by atoms with Gasteiger partial charge < -0.3 is 19.1 Å². The van der Waals surface area contributed by atoms with Gasteiger partial charge in [0.05, 0.1) is 18.8 Å². The van der Waals surface area contributed by atoms with Gasteiger partial charge in [-0.3, -0.25) is 4.79 Å². The minimum atomic E-state index is -0.549. The third kappa shape index (κ3) is 4.23. The Morgan fingerprint density at radius 1 is 1.06 bits per heavy atom. The van der Waals surface area contributed by atoms with E-state index in [-0.39, 0.29) is 5.91 Å². The van der Waals surface area contributed by atoms with Gasteiger partial charge in [-0.1, -0.05) is 28.9 Å². The first-order chi connectivity index (χ1) is 15.2. The van der Waals surface area contributed by atoms with E-state index in [0.717, 1.165) is 37.2 Å². The Bertz CT molecular complexity index is 1060. The summed E-state index contributed by atoms with van der Waals surface area (Å²) in [7, 11) is 0. The molecule has 3 aromatic rings. The first-order valence-electron chi connectivity index (χ1n) is 10.6. The van der Waals surface area contributed by atoms with Gasteiger partial charge in [-0.15, -0.1) is 0 Å². The number of piperidine rings is 1. The average Bonchev–Trinajstić information content (AvgIpc) is 3.28. The van der Waals surface area contributed by atoms with Crippen LogP contribution >= 0.6 is 11.6 Å². The zero-order chi connectivity index (χ0) is 21.2. The van der Waals surface area contributed by atoms with Gasteiger partial charge in [0.1, 0.15) is 5.75 Å². The molecule has 0 bridgehead atoms. The number of anilines is 1. The van der Waals surface area contributed by atoms with Crippen LogP contribution in [0.3, 0.4) is 0 Å². The van der Waals surface area contributed by atoms with Gasteiger partial charge in [-0.2, -0.15) is 4.98 Å². The van der Waals surface area contributed by atoms with E-state index in [2.05, 4.69) is 15.0 Å². The summed E-state index contributed by atoms with van der Waals surface area (Å²) < 4.78 is 11.6. The number of rotatable bonds is 4. The Hall–Kier alpha value is -3.06. The molecule has 8 heteroatoms. The molecular weight excluding hydrogens is 416 g/mol. The monoisotopic (exact) mass is 438 g/mol. The van der Waals surface area contributed by atoms with Gasteiger partial charge in [0.25, 0.3) is 5.91 Å². The molecule has 0 radical (unpaired) electrons. The maximum absolute atomic E-state index is 13.1. The Morgan fingerprint density at radius 2 is 1.84 bits per heavy atom. The third-order valence-corrected chi connectivity index (χ3v) is 5.95.